The van der Waals surface area contributed by atoms with E-state index >= 15 is 0 Å². The summed E-state index contributed by atoms with van der Waals surface area (Å²) in [6.45, 7) is 4.95. The van der Waals surface area contributed by atoms with Crippen LogP contribution in [0.25, 0.3) is 0 Å². The molecule has 5 rings (SSSR count). The van der Waals surface area contributed by atoms with Crippen LogP contribution in [0.5, 0.6) is 11.5 Å². The number of aryl methyl sites for hydroxylation is 1. The summed E-state index contributed by atoms with van der Waals surface area (Å²) in [5.41, 5.74) is 2.60. The number of amides is 2. The molecule has 50 heavy (non-hydrogen) atoms. The first-order valence-corrected chi connectivity index (χ1v) is 18.1. The Balaban J connectivity index is 1.56. The van der Waals surface area contributed by atoms with Gasteiger partial charge < -0.3 is 15.0 Å². The molecular formula is C40H40ClN3O5S. The lowest BCUT2D eigenvalue weighted by atomic mass is 10.0. The highest BCUT2D eigenvalue weighted by atomic mass is 35.5. The van der Waals surface area contributed by atoms with Crippen LogP contribution >= 0.6 is 11.6 Å². The normalized spacial score (nSPS) is 11.9. The number of para-hydroxylation sites is 1. The molecule has 10 heteroatoms. The molecule has 1 atom stereocenters. The van der Waals surface area contributed by atoms with Gasteiger partial charge in [-0.2, -0.15) is 0 Å². The fourth-order valence-electron chi connectivity index (χ4n) is 5.42. The molecule has 0 fully saturated rings. The molecule has 0 unspecified atom stereocenters. The molecule has 0 aliphatic heterocycles. The number of hydrogen-bond acceptors (Lipinski definition) is 5. The molecule has 5 aromatic carbocycles. The molecule has 0 aromatic heterocycles. The average molecular weight is 710 g/mol. The Labute approximate surface area is 299 Å². The van der Waals surface area contributed by atoms with E-state index in [4.69, 9.17) is 16.3 Å². The first-order valence-electron chi connectivity index (χ1n) is 16.3. The van der Waals surface area contributed by atoms with Gasteiger partial charge >= 0.3 is 0 Å². The predicted octanol–water partition coefficient (Wildman–Crippen LogP) is 7.80. The first kappa shape index (κ1) is 36.2. The number of sulfonamides is 1. The second kappa shape index (κ2) is 16.5. The minimum absolute atomic E-state index is 0.0240. The minimum atomic E-state index is -4.26. The van der Waals surface area contributed by atoms with E-state index in [2.05, 4.69) is 5.32 Å². The third-order valence-corrected chi connectivity index (χ3v) is 10.1. The summed E-state index contributed by atoms with van der Waals surface area (Å²) in [5, 5.41) is 3.38. The van der Waals surface area contributed by atoms with Gasteiger partial charge in [-0.05, 0) is 86.5 Å². The fourth-order valence-corrected chi connectivity index (χ4v) is 7.03. The molecule has 258 valence electrons. The molecule has 5 aromatic rings. The number of carbonyl (C=O) groups is 2. The first-order chi connectivity index (χ1) is 24.0. The van der Waals surface area contributed by atoms with E-state index in [-0.39, 0.29) is 35.5 Å². The zero-order valence-corrected chi connectivity index (χ0v) is 29.8. The van der Waals surface area contributed by atoms with E-state index in [0.29, 0.717) is 22.1 Å². The molecule has 0 aliphatic rings. The van der Waals surface area contributed by atoms with Crippen molar-refractivity contribution in [1.29, 1.82) is 0 Å². The molecule has 0 radical (unpaired) electrons. The Morgan fingerprint density at radius 2 is 1.34 bits per heavy atom. The van der Waals surface area contributed by atoms with Crippen LogP contribution in [-0.2, 0) is 32.6 Å². The second-order valence-electron chi connectivity index (χ2n) is 12.2. The monoisotopic (exact) mass is 709 g/mol. The van der Waals surface area contributed by atoms with Crippen LogP contribution in [0.4, 0.5) is 5.69 Å². The molecular weight excluding hydrogens is 670 g/mol. The average Bonchev–Trinajstić information content (AvgIpc) is 3.10. The van der Waals surface area contributed by atoms with Crippen LogP contribution in [0.15, 0.2) is 138 Å². The van der Waals surface area contributed by atoms with Crippen molar-refractivity contribution in [3.63, 3.8) is 0 Å². The van der Waals surface area contributed by atoms with Gasteiger partial charge in [0.2, 0.25) is 11.8 Å². The summed E-state index contributed by atoms with van der Waals surface area (Å²) in [6, 6.07) is 37.5. The summed E-state index contributed by atoms with van der Waals surface area (Å²) in [4.78, 5) is 30.0. The van der Waals surface area contributed by atoms with Gasteiger partial charge in [0.05, 0.1) is 10.6 Å². The van der Waals surface area contributed by atoms with Crippen LogP contribution in [0.1, 0.15) is 30.5 Å². The number of nitrogens with one attached hydrogen (secondary N) is 1. The van der Waals surface area contributed by atoms with Crippen molar-refractivity contribution < 1.29 is 22.7 Å². The number of ether oxygens (including phenoxy) is 1. The van der Waals surface area contributed by atoms with Crippen molar-refractivity contribution >= 4 is 39.1 Å². The Hall–Kier alpha value is -5.12. The fraction of sp³-hybridized carbons (Fsp3) is 0.200. The molecule has 0 heterocycles. The Kier molecular flexibility index (Phi) is 12.0. The van der Waals surface area contributed by atoms with Gasteiger partial charge in [0.25, 0.3) is 10.0 Å². The van der Waals surface area contributed by atoms with E-state index < -0.39 is 28.5 Å². The van der Waals surface area contributed by atoms with Crippen LogP contribution in [0.3, 0.4) is 0 Å². The molecule has 0 saturated heterocycles. The zero-order chi connectivity index (χ0) is 35.7. The van der Waals surface area contributed by atoms with E-state index in [9.17, 15) is 18.0 Å². The topological polar surface area (TPSA) is 96.0 Å². The number of hydrogen-bond donors (Lipinski definition) is 1. The number of benzene rings is 5. The number of anilines is 1. The van der Waals surface area contributed by atoms with Gasteiger partial charge in [0.15, 0.2) is 0 Å². The van der Waals surface area contributed by atoms with Gasteiger partial charge in [-0.25, -0.2) is 8.42 Å². The lowest BCUT2D eigenvalue weighted by Crippen LogP contribution is -2.54. The van der Waals surface area contributed by atoms with E-state index in [1.165, 1.54) is 17.0 Å². The quantitative estimate of drug-likeness (QED) is 0.127. The number of carbonyl (C=O) groups excluding carboxylic acids is 2. The minimum Gasteiger partial charge on any atom is -0.457 e. The van der Waals surface area contributed by atoms with Crippen molar-refractivity contribution in [3.05, 3.63) is 155 Å². The second-order valence-corrected chi connectivity index (χ2v) is 14.5. The highest BCUT2D eigenvalue weighted by Gasteiger charge is 2.35. The number of rotatable bonds is 14. The summed E-state index contributed by atoms with van der Waals surface area (Å²) < 4.78 is 35.7. The summed E-state index contributed by atoms with van der Waals surface area (Å²) in [5.74, 6) is 0.177. The SMILES string of the molecule is Cc1ccc(S(=O)(=O)N(CC(=O)N(Cc2ccccc2Cl)[C@H](Cc2ccccc2)C(=O)NC(C)C)c2ccc(Oc3ccccc3)cc2)cc1. The van der Waals surface area contributed by atoms with Crippen LogP contribution in [0.2, 0.25) is 5.02 Å². The maximum absolute atomic E-state index is 14.7. The molecule has 0 spiro atoms. The smallest absolute Gasteiger partial charge is 0.264 e. The standard InChI is InChI=1S/C40H40ClN3O5S/c1-29(2)42-40(46)38(26-31-12-6-4-7-13-31)43(27-32-14-10-11-17-37(32)41)39(45)28-44(50(47,48)36-24-18-30(3)19-25-36)33-20-22-35(23-21-33)49-34-15-8-5-9-16-34/h4-25,29,38H,26-28H2,1-3H3,(H,42,46)/t38-/m1/s1. The van der Waals surface area contributed by atoms with Crippen molar-refractivity contribution in [3.8, 4) is 11.5 Å². The van der Waals surface area contributed by atoms with Gasteiger partial charge in [-0.1, -0.05) is 96.0 Å². The van der Waals surface area contributed by atoms with Crippen molar-refractivity contribution in [2.45, 2.75) is 50.7 Å². The van der Waals surface area contributed by atoms with E-state index in [1.807, 2.05) is 81.4 Å². The molecule has 2 amide bonds. The highest BCUT2D eigenvalue weighted by molar-refractivity contribution is 7.92. The molecule has 8 nitrogen and oxygen atoms in total. The van der Waals surface area contributed by atoms with Crippen molar-refractivity contribution in [2.75, 3.05) is 10.8 Å². The molecule has 0 aliphatic carbocycles. The largest absolute Gasteiger partial charge is 0.457 e. The zero-order valence-electron chi connectivity index (χ0n) is 28.2. The maximum atomic E-state index is 14.7. The third-order valence-electron chi connectivity index (χ3n) is 7.99. The van der Waals surface area contributed by atoms with Gasteiger partial charge in [-0.15, -0.1) is 0 Å². The van der Waals surface area contributed by atoms with E-state index in [0.717, 1.165) is 15.4 Å². The number of nitrogens with zero attached hydrogens (tertiary/aromatic N) is 2. The molecule has 1 N–H and O–H groups in total. The lowest BCUT2D eigenvalue weighted by molar-refractivity contribution is -0.140. The summed E-state index contributed by atoms with van der Waals surface area (Å²) in [7, 11) is -4.26. The van der Waals surface area contributed by atoms with Gasteiger partial charge in [0, 0.05) is 24.0 Å². The van der Waals surface area contributed by atoms with Crippen molar-refractivity contribution in [1.82, 2.24) is 10.2 Å². The summed E-state index contributed by atoms with van der Waals surface area (Å²) in [6.07, 6.45) is 0.200. The van der Waals surface area contributed by atoms with Crippen LogP contribution in [0, 0.1) is 6.92 Å². The van der Waals surface area contributed by atoms with Gasteiger partial charge in [-0.3, -0.25) is 13.9 Å². The Morgan fingerprint density at radius 1 is 0.760 bits per heavy atom. The van der Waals surface area contributed by atoms with Crippen molar-refractivity contribution in [2.24, 2.45) is 0 Å². The molecule has 0 bridgehead atoms. The Bertz CT molecular complexity index is 1990. The van der Waals surface area contributed by atoms with Crippen LogP contribution in [-0.4, -0.2) is 43.8 Å². The summed E-state index contributed by atoms with van der Waals surface area (Å²) >= 11 is 6.58. The van der Waals surface area contributed by atoms with Crippen LogP contribution < -0.4 is 14.4 Å². The van der Waals surface area contributed by atoms with Gasteiger partial charge in [0.1, 0.15) is 24.1 Å². The predicted molar refractivity (Wildman–Crippen MR) is 198 cm³/mol. The maximum Gasteiger partial charge on any atom is 0.264 e. The van der Waals surface area contributed by atoms with E-state index in [1.54, 1.807) is 60.7 Å². The lowest BCUT2D eigenvalue weighted by Gasteiger charge is -2.34. The molecule has 0 saturated carbocycles. The third kappa shape index (κ3) is 9.31. The Morgan fingerprint density at radius 3 is 1.96 bits per heavy atom. The number of halogens is 1. The highest BCUT2D eigenvalue weighted by Crippen LogP contribution is 2.29.